The second-order valence-electron chi connectivity index (χ2n) is 12.9. The van der Waals surface area contributed by atoms with Crippen molar-refractivity contribution in [3.05, 3.63) is 102 Å². The Balaban J connectivity index is 0.00000336. The van der Waals surface area contributed by atoms with Gasteiger partial charge in [0.05, 0.1) is 49.8 Å². The molecule has 0 spiro atoms. The number of halogens is 2. The van der Waals surface area contributed by atoms with Crippen molar-refractivity contribution >= 4 is 30.5 Å². The summed E-state index contributed by atoms with van der Waals surface area (Å²) in [5.41, 5.74) is 7.52. The van der Waals surface area contributed by atoms with Gasteiger partial charge in [0.25, 0.3) is 0 Å². The zero-order chi connectivity index (χ0) is 37.3. The Labute approximate surface area is 337 Å². The molecular formula is C43H51Cl2N3O7. The van der Waals surface area contributed by atoms with Gasteiger partial charge in [-0.3, -0.25) is 9.88 Å². The summed E-state index contributed by atoms with van der Waals surface area (Å²) in [4.78, 5) is 9.65. The van der Waals surface area contributed by atoms with Crippen molar-refractivity contribution in [3.63, 3.8) is 0 Å². The van der Waals surface area contributed by atoms with Gasteiger partial charge in [-0.15, -0.1) is 24.8 Å². The SMILES string of the molecule is COc1cccc(N(Cc2cccc(-c3cc(OC)c(OC)c(OC)c3)c2)C2CCN(Cc3cncc(-c4cc(OC)c(OC)c(OC)c4)c3)CC2)c1.Cl.Cl. The Morgan fingerprint density at radius 2 is 1.11 bits per heavy atom. The van der Waals surface area contributed by atoms with E-state index in [9.17, 15) is 0 Å². The second-order valence-corrected chi connectivity index (χ2v) is 12.9. The van der Waals surface area contributed by atoms with Crippen molar-refractivity contribution in [2.24, 2.45) is 0 Å². The van der Waals surface area contributed by atoms with E-state index in [-0.39, 0.29) is 24.8 Å². The van der Waals surface area contributed by atoms with Gasteiger partial charge in [-0.1, -0.05) is 24.3 Å². The normalized spacial score (nSPS) is 12.8. The topological polar surface area (TPSA) is 84.0 Å². The average molecular weight is 793 g/mol. The highest BCUT2D eigenvalue weighted by atomic mass is 35.5. The highest BCUT2D eigenvalue weighted by molar-refractivity contribution is 5.85. The van der Waals surface area contributed by atoms with Gasteiger partial charge in [-0.25, -0.2) is 0 Å². The summed E-state index contributed by atoms with van der Waals surface area (Å²) in [7, 11) is 11.5. The predicted molar refractivity (Wildman–Crippen MR) is 223 cm³/mol. The standard InChI is InChI=1S/C43H49N3O7.2ClH/c1-47-37-13-9-12-36(24-37)46(28-29-10-8-11-31(18-29)32-20-38(48-2)42(52-6)39(21-32)49-3)35-14-16-45(17-15-35)27-30-19-34(26-44-25-30)33-22-40(50-4)43(53-7)41(23-33)51-5;;/h8-13,18-26,35H,14-17,27-28H2,1-7H3;2*1H. The van der Waals surface area contributed by atoms with Crippen molar-refractivity contribution in [3.8, 4) is 62.5 Å². The molecule has 0 N–H and O–H groups in total. The van der Waals surface area contributed by atoms with E-state index in [1.807, 2.05) is 42.7 Å². The fraction of sp³-hybridized carbons (Fsp3) is 0.326. The molecule has 0 atom stereocenters. The molecule has 6 rings (SSSR count). The third-order valence-electron chi connectivity index (χ3n) is 9.86. The summed E-state index contributed by atoms with van der Waals surface area (Å²) in [5.74, 6) is 4.47. The van der Waals surface area contributed by atoms with Crippen molar-refractivity contribution < 1.29 is 33.2 Å². The number of methoxy groups -OCH3 is 7. The van der Waals surface area contributed by atoms with Crippen LogP contribution in [0.3, 0.4) is 0 Å². The van der Waals surface area contributed by atoms with Gasteiger partial charge in [0.2, 0.25) is 11.5 Å². The van der Waals surface area contributed by atoms with Crippen molar-refractivity contribution in [1.82, 2.24) is 9.88 Å². The number of anilines is 1. The van der Waals surface area contributed by atoms with Crippen molar-refractivity contribution in [1.29, 1.82) is 0 Å². The lowest BCUT2D eigenvalue weighted by Gasteiger charge is -2.40. The molecule has 10 nitrogen and oxygen atoms in total. The number of benzene rings is 4. The Morgan fingerprint density at radius 3 is 1.65 bits per heavy atom. The molecule has 12 heteroatoms. The summed E-state index contributed by atoms with van der Waals surface area (Å²) in [5, 5.41) is 0. The molecule has 1 aliphatic rings. The minimum Gasteiger partial charge on any atom is -0.497 e. The maximum Gasteiger partial charge on any atom is 0.203 e. The van der Waals surface area contributed by atoms with Gasteiger partial charge >= 0.3 is 0 Å². The fourth-order valence-electron chi connectivity index (χ4n) is 7.14. The highest BCUT2D eigenvalue weighted by Crippen LogP contribution is 2.43. The molecule has 1 aromatic heterocycles. The zero-order valence-electron chi connectivity index (χ0n) is 32.5. The van der Waals surface area contributed by atoms with Crippen LogP contribution in [0.25, 0.3) is 22.3 Å². The molecule has 5 aromatic rings. The molecule has 294 valence electrons. The number of likely N-dealkylation sites (tertiary alicyclic amines) is 1. The average Bonchev–Trinajstić information content (AvgIpc) is 3.22. The first kappa shape index (κ1) is 42.7. The van der Waals surface area contributed by atoms with E-state index >= 15 is 0 Å². The summed E-state index contributed by atoms with van der Waals surface area (Å²) >= 11 is 0. The first-order valence-electron chi connectivity index (χ1n) is 17.7. The molecule has 0 radical (unpaired) electrons. The fourth-order valence-corrected chi connectivity index (χ4v) is 7.14. The van der Waals surface area contributed by atoms with Crippen LogP contribution in [-0.2, 0) is 13.1 Å². The van der Waals surface area contributed by atoms with E-state index in [4.69, 9.17) is 33.2 Å². The number of hydrogen-bond donors (Lipinski definition) is 0. The first-order chi connectivity index (χ1) is 25.9. The Morgan fingerprint density at radius 1 is 0.564 bits per heavy atom. The van der Waals surface area contributed by atoms with E-state index in [1.165, 1.54) is 5.56 Å². The molecule has 0 amide bonds. The number of pyridine rings is 1. The molecule has 0 aliphatic carbocycles. The molecule has 4 aromatic carbocycles. The van der Waals surface area contributed by atoms with Gasteiger partial charge in [0.15, 0.2) is 23.0 Å². The van der Waals surface area contributed by atoms with Gasteiger partial charge in [0, 0.05) is 61.9 Å². The van der Waals surface area contributed by atoms with E-state index < -0.39 is 0 Å². The maximum atomic E-state index is 5.65. The number of nitrogens with zero attached hydrogens (tertiary/aromatic N) is 3. The van der Waals surface area contributed by atoms with Crippen molar-refractivity contribution in [2.75, 3.05) is 67.8 Å². The van der Waals surface area contributed by atoms with E-state index in [2.05, 4.69) is 63.3 Å². The quantitative estimate of drug-likeness (QED) is 0.103. The predicted octanol–water partition coefficient (Wildman–Crippen LogP) is 8.99. The van der Waals surface area contributed by atoms with Gasteiger partial charge in [-0.05, 0) is 89.2 Å². The lowest BCUT2D eigenvalue weighted by atomic mass is 9.98. The van der Waals surface area contributed by atoms with Crippen LogP contribution in [0.1, 0.15) is 24.0 Å². The highest BCUT2D eigenvalue weighted by Gasteiger charge is 2.26. The lowest BCUT2D eigenvalue weighted by molar-refractivity contribution is 0.200. The smallest absolute Gasteiger partial charge is 0.203 e. The van der Waals surface area contributed by atoms with Crippen LogP contribution < -0.4 is 38.1 Å². The van der Waals surface area contributed by atoms with Gasteiger partial charge < -0.3 is 38.1 Å². The summed E-state index contributed by atoms with van der Waals surface area (Å²) in [6, 6.07) is 27.5. The molecular weight excluding hydrogens is 741 g/mol. The third kappa shape index (κ3) is 9.80. The number of ether oxygens (including phenoxy) is 7. The van der Waals surface area contributed by atoms with Crippen molar-refractivity contribution in [2.45, 2.75) is 32.0 Å². The van der Waals surface area contributed by atoms with E-state index in [0.717, 1.165) is 78.3 Å². The molecule has 55 heavy (non-hydrogen) atoms. The van der Waals surface area contributed by atoms with E-state index in [0.29, 0.717) is 40.5 Å². The van der Waals surface area contributed by atoms with Crippen LogP contribution in [0, 0.1) is 0 Å². The minimum atomic E-state index is 0. The zero-order valence-corrected chi connectivity index (χ0v) is 34.1. The third-order valence-corrected chi connectivity index (χ3v) is 9.86. The Bertz CT molecular complexity index is 1960. The minimum absolute atomic E-state index is 0. The molecule has 1 saturated heterocycles. The number of rotatable bonds is 15. The molecule has 1 aliphatic heterocycles. The van der Waals surface area contributed by atoms with Crippen LogP contribution in [-0.4, -0.2) is 78.8 Å². The maximum absolute atomic E-state index is 5.65. The number of hydrogen-bond acceptors (Lipinski definition) is 10. The van der Waals surface area contributed by atoms with Crippen LogP contribution in [0.5, 0.6) is 40.2 Å². The molecule has 1 fully saturated rings. The first-order valence-corrected chi connectivity index (χ1v) is 17.7. The molecule has 0 bridgehead atoms. The van der Waals surface area contributed by atoms with Gasteiger partial charge in [0.1, 0.15) is 5.75 Å². The summed E-state index contributed by atoms with van der Waals surface area (Å²) < 4.78 is 39.2. The lowest BCUT2D eigenvalue weighted by Crippen LogP contribution is -2.44. The van der Waals surface area contributed by atoms with Crippen LogP contribution in [0.4, 0.5) is 5.69 Å². The van der Waals surface area contributed by atoms with Crippen LogP contribution >= 0.6 is 24.8 Å². The molecule has 0 saturated carbocycles. The van der Waals surface area contributed by atoms with Gasteiger partial charge in [-0.2, -0.15) is 0 Å². The second kappa shape index (κ2) is 20.0. The van der Waals surface area contributed by atoms with Crippen LogP contribution in [0.2, 0.25) is 0 Å². The Hall–Kier alpha value is -5.03. The monoisotopic (exact) mass is 791 g/mol. The molecule has 2 heterocycles. The summed E-state index contributed by atoms with van der Waals surface area (Å²) in [6.07, 6.45) is 5.86. The van der Waals surface area contributed by atoms with E-state index in [1.54, 1.807) is 49.8 Å². The Kier molecular flexibility index (Phi) is 15.6. The number of piperidine rings is 1. The summed E-state index contributed by atoms with van der Waals surface area (Å²) in [6.45, 7) is 3.49. The largest absolute Gasteiger partial charge is 0.497 e. The molecule has 0 unspecified atom stereocenters. The number of aromatic nitrogens is 1. The van der Waals surface area contributed by atoms with Crippen LogP contribution in [0.15, 0.2) is 91.3 Å².